The molecule has 0 bridgehead atoms. The predicted molar refractivity (Wildman–Crippen MR) is 78.6 cm³/mol. The number of ketones is 2. The lowest BCUT2D eigenvalue weighted by molar-refractivity contribution is 0.0884. The Bertz CT molecular complexity index is 873. The topological polar surface area (TPSA) is 52.0 Å². The Labute approximate surface area is 121 Å². The highest BCUT2D eigenvalue weighted by Crippen LogP contribution is 2.34. The summed E-state index contributed by atoms with van der Waals surface area (Å²) >= 11 is 0. The van der Waals surface area contributed by atoms with Crippen molar-refractivity contribution >= 4 is 22.6 Å². The third-order valence-corrected chi connectivity index (χ3v) is 4.06. The molecule has 1 aromatic heterocycles. The van der Waals surface area contributed by atoms with E-state index in [1.54, 1.807) is 24.3 Å². The number of aryl methyl sites for hydroxylation is 1. The number of carbonyl (C=O) groups excluding carboxylic acids is 2. The van der Waals surface area contributed by atoms with E-state index in [4.69, 9.17) is 0 Å². The van der Waals surface area contributed by atoms with Gasteiger partial charge >= 0.3 is 0 Å². The zero-order chi connectivity index (χ0) is 14.6. The van der Waals surface area contributed by atoms with Crippen LogP contribution in [-0.4, -0.2) is 21.1 Å². The fourth-order valence-electron chi connectivity index (χ4n) is 3.00. The number of hydrogen-bond donors (Lipinski definition) is 0. The van der Waals surface area contributed by atoms with Crippen molar-refractivity contribution in [1.82, 2.24) is 9.55 Å². The summed E-state index contributed by atoms with van der Waals surface area (Å²) in [6.07, 6.45) is 0. The van der Waals surface area contributed by atoms with Crippen LogP contribution in [0.1, 0.15) is 32.5 Å². The minimum atomic E-state index is -0.820. The lowest BCUT2D eigenvalue weighted by atomic mass is 10.0. The SMILES string of the molecule is Cn1c(C2C(=O)c3ccccc3C2=O)nc2ccccc21. The smallest absolute Gasteiger partial charge is 0.182 e. The molecule has 1 aliphatic carbocycles. The minimum absolute atomic E-state index is 0.158. The second-order valence-electron chi connectivity index (χ2n) is 5.22. The van der Waals surface area contributed by atoms with E-state index in [1.807, 2.05) is 35.9 Å². The normalized spacial score (nSPS) is 14.9. The molecule has 1 aliphatic rings. The second kappa shape index (κ2) is 4.12. The molecule has 0 spiro atoms. The average Bonchev–Trinajstić information content (AvgIpc) is 2.96. The molecule has 3 aromatic rings. The van der Waals surface area contributed by atoms with Gasteiger partial charge in [0.25, 0.3) is 0 Å². The predicted octanol–water partition coefficient (Wildman–Crippen LogP) is 2.74. The van der Waals surface area contributed by atoms with Crippen molar-refractivity contribution in [3.63, 3.8) is 0 Å². The van der Waals surface area contributed by atoms with Gasteiger partial charge in [-0.2, -0.15) is 0 Å². The lowest BCUT2D eigenvalue weighted by Crippen LogP contribution is -2.17. The molecule has 0 radical (unpaired) electrons. The molecular formula is C17H12N2O2. The molecule has 4 heteroatoms. The monoisotopic (exact) mass is 276 g/mol. The first kappa shape index (κ1) is 12.0. The summed E-state index contributed by atoms with van der Waals surface area (Å²) in [5.41, 5.74) is 2.72. The maximum absolute atomic E-state index is 12.6. The van der Waals surface area contributed by atoms with Crippen LogP contribution in [0.5, 0.6) is 0 Å². The van der Waals surface area contributed by atoms with E-state index in [0.717, 1.165) is 11.0 Å². The van der Waals surface area contributed by atoms with Crippen molar-refractivity contribution in [3.8, 4) is 0 Å². The van der Waals surface area contributed by atoms with E-state index in [2.05, 4.69) is 4.98 Å². The van der Waals surface area contributed by atoms with Crippen LogP contribution in [0.3, 0.4) is 0 Å². The number of nitrogens with zero attached hydrogens (tertiary/aromatic N) is 2. The van der Waals surface area contributed by atoms with E-state index < -0.39 is 5.92 Å². The molecule has 4 rings (SSSR count). The number of hydrogen-bond acceptors (Lipinski definition) is 3. The van der Waals surface area contributed by atoms with Gasteiger partial charge in [0.05, 0.1) is 11.0 Å². The molecule has 21 heavy (non-hydrogen) atoms. The molecule has 0 N–H and O–H groups in total. The Hall–Kier alpha value is -2.75. The van der Waals surface area contributed by atoms with Crippen molar-refractivity contribution in [2.24, 2.45) is 7.05 Å². The van der Waals surface area contributed by atoms with Crippen molar-refractivity contribution in [3.05, 3.63) is 65.5 Å². The molecule has 0 saturated heterocycles. The first-order valence-corrected chi connectivity index (χ1v) is 6.77. The van der Waals surface area contributed by atoms with Crippen LogP contribution >= 0.6 is 0 Å². The number of carbonyl (C=O) groups is 2. The van der Waals surface area contributed by atoms with E-state index in [9.17, 15) is 9.59 Å². The molecule has 0 aliphatic heterocycles. The standard InChI is InChI=1S/C17H12N2O2/c1-19-13-9-5-4-8-12(13)18-17(19)14-15(20)10-6-2-3-7-11(10)16(14)21/h2-9,14H,1H3. The van der Waals surface area contributed by atoms with Gasteiger partial charge < -0.3 is 4.57 Å². The molecule has 4 nitrogen and oxygen atoms in total. The minimum Gasteiger partial charge on any atom is -0.330 e. The first-order valence-electron chi connectivity index (χ1n) is 6.77. The Kier molecular flexibility index (Phi) is 2.36. The maximum atomic E-state index is 12.6. The Morgan fingerprint density at radius 3 is 2.10 bits per heavy atom. The van der Waals surface area contributed by atoms with Crippen molar-refractivity contribution in [2.75, 3.05) is 0 Å². The molecule has 102 valence electrons. The van der Waals surface area contributed by atoms with Gasteiger partial charge in [0.2, 0.25) is 0 Å². The summed E-state index contributed by atoms with van der Waals surface area (Å²) in [6.45, 7) is 0. The van der Waals surface area contributed by atoms with Crippen LogP contribution in [-0.2, 0) is 7.05 Å². The number of aromatic nitrogens is 2. The summed E-state index contributed by atoms with van der Waals surface area (Å²) in [5.74, 6) is -0.620. The third-order valence-electron chi connectivity index (χ3n) is 4.06. The zero-order valence-corrected chi connectivity index (χ0v) is 11.4. The van der Waals surface area contributed by atoms with E-state index >= 15 is 0 Å². The third kappa shape index (κ3) is 1.53. The zero-order valence-electron chi connectivity index (χ0n) is 11.4. The van der Waals surface area contributed by atoms with Crippen LogP contribution in [0, 0.1) is 0 Å². The molecule has 2 aromatic carbocycles. The highest BCUT2D eigenvalue weighted by atomic mass is 16.2. The molecular weight excluding hydrogens is 264 g/mol. The number of benzene rings is 2. The van der Waals surface area contributed by atoms with Gasteiger partial charge in [-0.1, -0.05) is 36.4 Å². The van der Waals surface area contributed by atoms with Crippen LogP contribution < -0.4 is 0 Å². The number of fused-ring (bicyclic) bond motifs is 2. The quantitative estimate of drug-likeness (QED) is 0.642. The first-order chi connectivity index (χ1) is 10.2. The van der Waals surface area contributed by atoms with Gasteiger partial charge in [-0.3, -0.25) is 9.59 Å². The van der Waals surface area contributed by atoms with E-state index in [0.29, 0.717) is 17.0 Å². The number of para-hydroxylation sites is 2. The molecule has 0 atom stereocenters. The highest BCUT2D eigenvalue weighted by molar-refractivity contribution is 6.29. The number of imidazole rings is 1. The lowest BCUT2D eigenvalue weighted by Gasteiger charge is -2.07. The van der Waals surface area contributed by atoms with Gasteiger partial charge in [-0.05, 0) is 12.1 Å². The Morgan fingerprint density at radius 1 is 0.905 bits per heavy atom. The summed E-state index contributed by atoms with van der Waals surface area (Å²) in [7, 11) is 1.84. The van der Waals surface area contributed by atoms with Crippen LogP contribution in [0.4, 0.5) is 0 Å². The maximum Gasteiger partial charge on any atom is 0.182 e. The summed E-state index contributed by atoms with van der Waals surface area (Å²) < 4.78 is 1.84. The Morgan fingerprint density at radius 2 is 1.48 bits per heavy atom. The molecule has 0 fully saturated rings. The average molecular weight is 276 g/mol. The fraction of sp³-hybridized carbons (Fsp3) is 0.118. The molecule has 0 saturated carbocycles. The van der Waals surface area contributed by atoms with Crippen molar-refractivity contribution < 1.29 is 9.59 Å². The largest absolute Gasteiger partial charge is 0.330 e. The van der Waals surface area contributed by atoms with E-state index in [1.165, 1.54) is 0 Å². The van der Waals surface area contributed by atoms with Gasteiger partial charge in [0.15, 0.2) is 11.6 Å². The van der Waals surface area contributed by atoms with E-state index in [-0.39, 0.29) is 11.6 Å². The van der Waals surface area contributed by atoms with Crippen LogP contribution in [0.2, 0.25) is 0 Å². The molecule has 1 heterocycles. The Balaban J connectivity index is 1.93. The second-order valence-corrected chi connectivity index (χ2v) is 5.22. The van der Waals surface area contributed by atoms with Gasteiger partial charge in [-0.25, -0.2) is 4.98 Å². The van der Waals surface area contributed by atoms with Gasteiger partial charge in [-0.15, -0.1) is 0 Å². The highest BCUT2D eigenvalue weighted by Gasteiger charge is 2.41. The van der Waals surface area contributed by atoms with Crippen LogP contribution in [0.25, 0.3) is 11.0 Å². The van der Waals surface area contributed by atoms with Gasteiger partial charge in [0.1, 0.15) is 11.7 Å². The van der Waals surface area contributed by atoms with Crippen molar-refractivity contribution in [1.29, 1.82) is 0 Å². The summed E-state index contributed by atoms with van der Waals surface area (Å²) in [4.78, 5) is 29.6. The number of rotatable bonds is 1. The fourth-order valence-corrected chi connectivity index (χ4v) is 3.00. The molecule has 0 amide bonds. The van der Waals surface area contributed by atoms with Crippen LogP contribution in [0.15, 0.2) is 48.5 Å². The number of Topliss-reactive ketones (excluding diaryl/α,β-unsaturated/α-hetero) is 2. The van der Waals surface area contributed by atoms with Gasteiger partial charge in [0, 0.05) is 18.2 Å². The van der Waals surface area contributed by atoms with Crippen molar-refractivity contribution in [2.45, 2.75) is 5.92 Å². The summed E-state index contributed by atoms with van der Waals surface area (Å²) in [5, 5.41) is 0. The summed E-state index contributed by atoms with van der Waals surface area (Å²) in [6, 6.07) is 14.6. The molecule has 0 unspecified atom stereocenters.